The van der Waals surface area contributed by atoms with Gasteiger partial charge in [0, 0.05) is 27.7 Å². The van der Waals surface area contributed by atoms with Gasteiger partial charge in [-0.05, 0) is 72.1 Å². The molecule has 0 saturated carbocycles. The smallest absolute Gasteiger partial charge is 0.261 e. The van der Waals surface area contributed by atoms with Crippen molar-refractivity contribution < 1.29 is 14.3 Å². The summed E-state index contributed by atoms with van der Waals surface area (Å²) in [6.07, 6.45) is 0.412. The maximum absolute atomic E-state index is 13.5. The molecule has 186 valence electrons. The molecular weight excluding hydrogens is 551 g/mol. The van der Waals surface area contributed by atoms with Gasteiger partial charge in [-0.15, -0.1) is 0 Å². The molecule has 1 N–H and O–H groups in total. The number of nitrogens with zero attached hydrogens (tertiary/aromatic N) is 1. The molecular formula is C27H29BrCl2N2O3. The van der Waals surface area contributed by atoms with Crippen molar-refractivity contribution in [3.05, 3.63) is 74.7 Å². The average Bonchev–Trinajstić information content (AvgIpc) is 2.79. The van der Waals surface area contributed by atoms with Gasteiger partial charge in [0.2, 0.25) is 5.91 Å². The van der Waals surface area contributed by atoms with E-state index in [0.717, 1.165) is 15.2 Å². The fourth-order valence-corrected chi connectivity index (χ4v) is 4.90. The molecule has 2 amide bonds. The van der Waals surface area contributed by atoms with Gasteiger partial charge in [0.1, 0.15) is 11.8 Å². The molecule has 0 unspecified atom stereocenters. The molecule has 0 fully saturated rings. The Hall–Kier alpha value is -2.28. The lowest BCUT2D eigenvalue weighted by Gasteiger charge is -2.33. The van der Waals surface area contributed by atoms with Crippen molar-refractivity contribution >= 4 is 61.7 Å². The van der Waals surface area contributed by atoms with E-state index in [-0.39, 0.29) is 25.0 Å². The Balaban J connectivity index is 1.89. The van der Waals surface area contributed by atoms with E-state index >= 15 is 0 Å². The molecule has 3 aromatic rings. The molecule has 0 bridgehead atoms. The number of hydrogen-bond donors (Lipinski definition) is 1. The summed E-state index contributed by atoms with van der Waals surface area (Å²) in [6, 6.07) is 16.1. The topological polar surface area (TPSA) is 58.6 Å². The summed E-state index contributed by atoms with van der Waals surface area (Å²) in [4.78, 5) is 28.1. The Morgan fingerprint density at radius 2 is 1.69 bits per heavy atom. The Morgan fingerprint density at radius 1 is 1.03 bits per heavy atom. The standard InChI is InChI=1S/C27H29BrCl2N2O3/c1-5-22(26(34)31-27(2,3)4)32(15-19-20(29)11-8-12-21(19)30)24(33)16-35-23-14-13-17-9-6-7-10-18(17)25(23)28/h6-14,22H,5,15-16H2,1-4H3,(H,31,34)/t22-/m1/s1. The number of carbonyl (C=O) groups is 2. The summed E-state index contributed by atoms with van der Waals surface area (Å²) in [6.45, 7) is 7.38. The van der Waals surface area contributed by atoms with Gasteiger partial charge in [-0.25, -0.2) is 0 Å². The largest absolute Gasteiger partial charge is 0.483 e. The summed E-state index contributed by atoms with van der Waals surface area (Å²) < 4.78 is 6.69. The maximum Gasteiger partial charge on any atom is 0.261 e. The fourth-order valence-electron chi connectivity index (χ4n) is 3.77. The van der Waals surface area contributed by atoms with Crippen LogP contribution in [0.1, 0.15) is 39.7 Å². The van der Waals surface area contributed by atoms with E-state index < -0.39 is 11.6 Å². The first-order chi connectivity index (χ1) is 16.5. The van der Waals surface area contributed by atoms with Crippen molar-refractivity contribution in [1.82, 2.24) is 10.2 Å². The summed E-state index contributed by atoms with van der Waals surface area (Å²) in [5.74, 6) is -0.0552. The van der Waals surface area contributed by atoms with Gasteiger partial charge in [0.05, 0.1) is 4.47 Å². The zero-order valence-electron chi connectivity index (χ0n) is 20.2. The molecule has 0 aliphatic heterocycles. The number of benzene rings is 3. The van der Waals surface area contributed by atoms with Gasteiger partial charge in [-0.2, -0.15) is 0 Å². The Kier molecular flexibility index (Phi) is 9.08. The second-order valence-corrected chi connectivity index (χ2v) is 10.9. The molecule has 0 spiro atoms. The van der Waals surface area contributed by atoms with Crippen LogP contribution in [-0.4, -0.2) is 34.9 Å². The third kappa shape index (κ3) is 6.90. The van der Waals surface area contributed by atoms with Gasteiger partial charge in [-0.1, -0.05) is 66.5 Å². The zero-order valence-corrected chi connectivity index (χ0v) is 23.3. The minimum absolute atomic E-state index is 0.0790. The second kappa shape index (κ2) is 11.6. The number of halogens is 3. The fraction of sp³-hybridized carbons (Fsp3) is 0.333. The first kappa shape index (κ1) is 27.3. The molecule has 0 aromatic heterocycles. The van der Waals surface area contributed by atoms with Crippen LogP contribution in [0.2, 0.25) is 10.0 Å². The van der Waals surface area contributed by atoms with Crippen molar-refractivity contribution in [2.45, 2.75) is 52.2 Å². The van der Waals surface area contributed by atoms with E-state index in [0.29, 0.717) is 27.8 Å². The van der Waals surface area contributed by atoms with Crippen molar-refractivity contribution in [2.75, 3.05) is 6.61 Å². The highest BCUT2D eigenvalue weighted by Gasteiger charge is 2.32. The van der Waals surface area contributed by atoms with E-state index in [1.165, 1.54) is 4.90 Å². The quantitative estimate of drug-likeness (QED) is 0.312. The van der Waals surface area contributed by atoms with Crippen LogP contribution in [-0.2, 0) is 16.1 Å². The van der Waals surface area contributed by atoms with Crippen LogP contribution < -0.4 is 10.1 Å². The van der Waals surface area contributed by atoms with Crippen LogP contribution in [0.25, 0.3) is 10.8 Å². The number of carbonyl (C=O) groups excluding carboxylic acids is 2. The van der Waals surface area contributed by atoms with Gasteiger partial charge >= 0.3 is 0 Å². The molecule has 3 rings (SSSR count). The number of fused-ring (bicyclic) bond motifs is 1. The first-order valence-corrected chi connectivity index (χ1v) is 12.9. The third-order valence-electron chi connectivity index (χ3n) is 5.45. The lowest BCUT2D eigenvalue weighted by atomic mass is 10.1. The molecule has 8 heteroatoms. The number of hydrogen-bond acceptors (Lipinski definition) is 3. The van der Waals surface area contributed by atoms with E-state index in [1.54, 1.807) is 18.2 Å². The normalized spacial score (nSPS) is 12.3. The predicted molar refractivity (Wildman–Crippen MR) is 146 cm³/mol. The number of amides is 2. The summed E-state index contributed by atoms with van der Waals surface area (Å²) >= 11 is 16.4. The van der Waals surface area contributed by atoms with Crippen molar-refractivity contribution in [3.63, 3.8) is 0 Å². The number of ether oxygens (including phenoxy) is 1. The zero-order chi connectivity index (χ0) is 25.8. The van der Waals surface area contributed by atoms with E-state index in [4.69, 9.17) is 27.9 Å². The Morgan fingerprint density at radius 3 is 2.31 bits per heavy atom. The molecule has 0 aliphatic rings. The van der Waals surface area contributed by atoms with Crippen LogP contribution in [0.3, 0.4) is 0 Å². The predicted octanol–water partition coefficient (Wildman–Crippen LogP) is 7.01. The van der Waals surface area contributed by atoms with Gasteiger partial charge in [0.25, 0.3) is 5.91 Å². The monoisotopic (exact) mass is 578 g/mol. The van der Waals surface area contributed by atoms with Gasteiger partial charge < -0.3 is 15.0 Å². The lowest BCUT2D eigenvalue weighted by molar-refractivity contribution is -0.143. The Labute approximate surface area is 224 Å². The molecule has 0 heterocycles. The van der Waals surface area contributed by atoms with Gasteiger partial charge in [0.15, 0.2) is 6.61 Å². The molecule has 0 radical (unpaired) electrons. The highest BCUT2D eigenvalue weighted by atomic mass is 79.9. The molecule has 5 nitrogen and oxygen atoms in total. The van der Waals surface area contributed by atoms with E-state index in [1.807, 2.05) is 64.1 Å². The average molecular weight is 580 g/mol. The van der Waals surface area contributed by atoms with Crippen LogP contribution in [0.4, 0.5) is 0 Å². The molecule has 1 atom stereocenters. The van der Waals surface area contributed by atoms with Crippen molar-refractivity contribution in [2.24, 2.45) is 0 Å². The highest BCUT2D eigenvalue weighted by molar-refractivity contribution is 9.10. The van der Waals surface area contributed by atoms with Crippen LogP contribution in [0.5, 0.6) is 5.75 Å². The number of rotatable bonds is 8. The lowest BCUT2D eigenvalue weighted by Crippen LogP contribution is -2.54. The minimum atomic E-state index is -0.724. The number of nitrogens with one attached hydrogen (secondary N) is 1. The molecule has 0 saturated heterocycles. The maximum atomic E-state index is 13.5. The highest BCUT2D eigenvalue weighted by Crippen LogP contribution is 2.33. The molecule has 35 heavy (non-hydrogen) atoms. The van der Waals surface area contributed by atoms with E-state index in [2.05, 4.69) is 21.2 Å². The van der Waals surface area contributed by atoms with Crippen molar-refractivity contribution in [1.29, 1.82) is 0 Å². The minimum Gasteiger partial charge on any atom is -0.483 e. The van der Waals surface area contributed by atoms with Crippen LogP contribution in [0.15, 0.2) is 59.1 Å². The van der Waals surface area contributed by atoms with Crippen molar-refractivity contribution in [3.8, 4) is 5.75 Å². The Bertz CT molecular complexity index is 1210. The third-order valence-corrected chi connectivity index (χ3v) is 6.98. The van der Waals surface area contributed by atoms with Crippen LogP contribution >= 0.6 is 39.1 Å². The summed E-state index contributed by atoms with van der Waals surface area (Å²) in [7, 11) is 0. The molecule has 3 aromatic carbocycles. The first-order valence-electron chi connectivity index (χ1n) is 11.4. The SMILES string of the molecule is CC[C@H](C(=O)NC(C)(C)C)N(Cc1c(Cl)cccc1Cl)C(=O)COc1ccc2ccccc2c1Br. The summed E-state index contributed by atoms with van der Waals surface area (Å²) in [5.41, 5.74) is 0.131. The van der Waals surface area contributed by atoms with E-state index in [9.17, 15) is 9.59 Å². The molecule has 0 aliphatic carbocycles. The van der Waals surface area contributed by atoms with Crippen LogP contribution in [0, 0.1) is 0 Å². The van der Waals surface area contributed by atoms with Gasteiger partial charge in [-0.3, -0.25) is 9.59 Å². The summed E-state index contributed by atoms with van der Waals surface area (Å²) in [5, 5.41) is 5.87. The second-order valence-electron chi connectivity index (χ2n) is 9.27.